The SMILES string of the molecule is CCOc1ccc(S(=O)(=O)NCC2(CC)CC2)cc1CN. The number of sulfonamides is 1. The van der Waals surface area contributed by atoms with E-state index in [-0.39, 0.29) is 16.9 Å². The summed E-state index contributed by atoms with van der Waals surface area (Å²) in [5.74, 6) is 0.645. The molecule has 1 aromatic carbocycles. The fourth-order valence-electron chi connectivity index (χ4n) is 2.34. The summed E-state index contributed by atoms with van der Waals surface area (Å²) in [6.45, 7) is 5.27. The summed E-state index contributed by atoms with van der Waals surface area (Å²) in [5, 5.41) is 0. The van der Waals surface area contributed by atoms with E-state index in [1.165, 1.54) is 0 Å². The smallest absolute Gasteiger partial charge is 0.240 e. The summed E-state index contributed by atoms with van der Waals surface area (Å²) in [6, 6.07) is 4.84. The minimum absolute atomic E-state index is 0.176. The zero-order valence-corrected chi connectivity index (χ0v) is 13.5. The van der Waals surface area contributed by atoms with Gasteiger partial charge in [-0.15, -0.1) is 0 Å². The molecule has 1 aliphatic rings. The Morgan fingerprint density at radius 3 is 2.57 bits per heavy atom. The highest BCUT2D eigenvalue weighted by Gasteiger charge is 2.41. The summed E-state index contributed by atoms with van der Waals surface area (Å²) in [7, 11) is -3.49. The van der Waals surface area contributed by atoms with Crippen molar-refractivity contribution in [2.75, 3.05) is 13.2 Å². The molecule has 21 heavy (non-hydrogen) atoms. The molecule has 0 radical (unpaired) electrons. The molecule has 6 heteroatoms. The van der Waals surface area contributed by atoms with Crippen molar-refractivity contribution in [3.8, 4) is 5.75 Å². The van der Waals surface area contributed by atoms with Crippen LogP contribution in [0.3, 0.4) is 0 Å². The van der Waals surface area contributed by atoms with Crippen molar-refractivity contribution in [3.63, 3.8) is 0 Å². The Morgan fingerprint density at radius 2 is 2.05 bits per heavy atom. The van der Waals surface area contributed by atoms with Gasteiger partial charge in [0, 0.05) is 18.7 Å². The Hall–Kier alpha value is -1.11. The van der Waals surface area contributed by atoms with Gasteiger partial charge in [0.15, 0.2) is 0 Å². The Kier molecular flexibility index (Phi) is 4.91. The summed E-state index contributed by atoms with van der Waals surface area (Å²) >= 11 is 0. The van der Waals surface area contributed by atoms with Gasteiger partial charge < -0.3 is 10.5 Å². The van der Waals surface area contributed by atoms with E-state index in [0.717, 1.165) is 19.3 Å². The molecule has 118 valence electrons. The molecule has 0 bridgehead atoms. The van der Waals surface area contributed by atoms with Crippen LogP contribution in [-0.2, 0) is 16.6 Å². The molecule has 1 fully saturated rings. The molecule has 1 aliphatic carbocycles. The number of rotatable bonds is 8. The van der Waals surface area contributed by atoms with E-state index in [1.807, 2.05) is 6.92 Å². The van der Waals surface area contributed by atoms with Crippen LogP contribution >= 0.6 is 0 Å². The fourth-order valence-corrected chi connectivity index (χ4v) is 3.55. The zero-order valence-electron chi connectivity index (χ0n) is 12.7. The first kappa shape index (κ1) is 16.3. The first-order chi connectivity index (χ1) is 9.96. The van der Waals surface area contributed by atoms with Crippen molar-refractivity contribution >= 4 is 10.0 Å². The molecule has 5 nitrogen and oxygen atoms in total. The number of nitrogens with one attached hydrogen (secondary N) is 1. The summed E-state index contributed by atoms with van der Waals surface area (Å²) in [5.41, 5.74) is 6.55. The third-order valence-electron chi connectivity index (χ3n) is 4.21. The van der Waals surface area contributed by atoms with Gasteiger partial charge in [-0.05, 0) is 49.8 Å². The number of hydrogen-bond acceptors (Lipinski definition) is 4. The average molecular weight is 312 g/mol. The van der Waals surface area contributed by atoms with Gasteiger partial charge in [-0.25, -0.2) is 13.1 Å². The molecule has 0 saturated heterocycles. The lowest BCUT2D eigenvalue weighted by atomic mass is 10.1. The first-order valence-corrected chi connectivity index (χ1v) is 8.90. The first-order valence-electron chi connectivity index (χ1n) is 7.42. The second-order valence-electron chi connectivity index (χ2n) is 5.58. The number of hydrogen-bond donors (Lipinski definition) is 2. The second kappa shape index (κ2) is 6.34. The average Bonchev–Trinajstić information content (AvgIpc) is 3.26. The van der Waals surface area contributed by atoms with E-state index in [9.17, 15) is 8.42 Å². The topological polar surface area (TPSA) is 81.4 Å². The Morgan fingerprint density at radius 1 is 1.33 bits per heavy atom. The molecular weight excluding hydrogens is 288 g/mol. The lowest BCUT2D eigenvalue weighted by Gasteiger charge is -2.15. The molecule has 0 atom stereocenters. The third-order valence-corrected chi connectivity index (χ3v) is 5.61. The van der Waals surface area contributed by atoms with Crippen LogP contribution in [0, 0.1) is 5.41 Å². The molecule has 0 amide bonds. The zero-order chi connectivity index (χ0) is 15.5. The van der Waals surface area contributed by atoms with Crippen LogP contribution in [0.5, 0.6) is 5.75 Å². The minimum Gasteiger partial charge on any atom is -0.494 e. The summed E-state index contributed by atoms with van der Waals surface area (Å²) in [6.07, 6.45) is 3.21. The maximum absolute atomic E-state index is 12.4. The standard InChI is InChI=1S/C15H24N2O3S/c1-3-15(7-8-15)11-17-21(18,19)13-5-6-14(20-4-2)12(9-13)10-16/h5-6,9,17H,3-4,7-8,10-11,16H2,1-2H3. The van der Waals surface area contributed by atoms with E-state index in [0.29, 0.717) is 24.5 Å². The van der Waals surface area contributed by atoms with Crippen LogP contribution in [-0.4, -0.2) is 21.6 Å². The van der Waals surface area contributed by atoms with E-state index >= 15 is 0 Å². The quantitative estimate of drug-likeness (QED) is 0.769. The normalized spacial score (nSPS) is 16.7. The molecule has 1 saturated carbocycles. The summed E-state index contributed by atoms with van der Waals surface area (Å²) < 4.78 is 32.9. The van der Waals surface area contributed by atoms with E-state index in [4.69, 9.17) is 10.5 Å². The maximum atomic E-state index is 12.4. The van der Waals surface area contributed by atoms with Gasteiger partial charge in [0.05, 0.1) is 11.5 Å². The molecule has 0 unspecified atom stereocenters. The number of benzene rings is 1. The van der Waals surface area contributed by atoms with Gasteiger partial charge in [0.2, 0.25) is 10.0 Å². The van der Waals surface area contributed by atoms with Gasteiger partial charge in [0.25, 0.3) is 0 Å². The molecular formula is C15H24N2O3S. The maximum Gasteiger partial charge on any atom is 0.240 e. The largest absolute Gasteiger partial charge is 0.494 e. The van der Waals surface area contributed by atoms with Gasteiger partial charge in [0.1, 0.15) is 5.75 Å². The molecule has 0 heterocycles. The summed E-state index contributed by atoms with van der Waals surface area (Å²) in [4.78, 5) is 0.248. The number of nitrogens with two attached hydrogens (primary N) is 1. The molecule has 1 aromatic rings. The van der Waals surface area contributed by atoms with Crippen molar-refractivity contribution in [2.24, 2.45) is 11.1 Å². The highest BCUT2D eigenvalue weighted by molar-refractivity contribution is 7.89. The third kappa shape index (κ3) is 3.75. The van der Waals surface area contributed by atoms with Crippen LogP contribution in [0.15, 0.2) is 23.1 Å². The second-order valence-corrected chi connectivity index (χ2v) is 7.35. The van der Waals surface area contributed by atoms with Gasteiger partial charge in [-0.3, -0.25) is 0 Å². The highest BCUT2D eigenvalue weighted by Crippen LogP contribution is 2.48. The van der Waals surface area contributed by atoms with Crippen molar-refractivity contribution in [3.05, 3.63) is 23.8 Å². The van der Waals surface area contributed by atoms with Crippen LogP contribution in [0.2, 0.25) is 0 Å². The van der Waals surface area contributed by atoms with Crippen LogP contribution < -0.4 is 15.2 Å². The minimum atomic E-state index is -3.49. The van der Waals surface area contributed by atoms with Crippen molar-refractivity contribution in [1.29, 1.82) is 0 Å². The molecule has 2 rings (SSSR count). The molecule has 0 aromatic heterocycles. The predicted octanol–water partition coefficient (Wildman–Crippen LogP) is 2.01. The van der Waals surface area contributed by atoms with Crippen LogP contribution in [0.25, 0.3) is 0 Å². The van der Waals surface area contributed by atoms with Crippen molar-refractivity contribution < 1.29 is 13.2 Å². The monoisotopic (exact) mass is 312 g/mol. The van der Waals surface area contributed by atoms with E-state index in [1.54, 1.807) is 18.2 Å². The van der Waals surface area contributed by atoms with Crippen molar-refractivity contribution in [2.45, 2.75) is 44.6 Å². The lowest BCUT2D eigenvalue weighted by molar-refractivity contribution is 0.336. The lowest BCUT2D eigenvalue weighted by Crippen LogP contribution is -2.30. The van der Waals surface area contributed by atoms with E-state index in [2.05, 4.69) is 11.6 Å². The predicted molar refractivity (Wildman–Crippen MR) is 82.6 cm³/mol. The van der Waals surface area contributed by atoms with Gasteiger partial charge in [-0.1, -0.05) is 6.92 Å². The Labute approximate surface area is 126 Å². The molecule has 0 spiro atoms. The Balaban J connectivity index is 2.15. The Bertz CT molecular complexity index is 595. The highest BCUT2D eigenvalue weighted by atomic mass is 32.2. The number of ether oxygens (including phenoxy) is 1. The fraction of sp³-hybridized carbons (Fsp3) is 0.600. The van der Waals surface area contributed by atoms with Crippen molar-refractivity contribution in [1.82, 2.24) is 4.72 Å². The van der Waals surface area contributed by atoms with Crippen LogP contribution in [0.1, 0.15) is 38.7 Å². The van der Waals surface area contributed by atoms with E-state index < -0.39 is 10.0 Å². The van der Waals surface area contributed by atoms with Gasteiger partial charge in [-0.2, -0.15) is 0 Å². The van der Waals surface area contributed by atoms with Crippen LogP contribution in [0.4, 0.5) is 0 Å². The van der Waals surface area contributed by atoms with Gasteiger partial charge >= 0.3 is 0 Å². The molecule has 0 aliphatic heterocycles. The molecule has 3 N–H and O–H groups in total.